The molecule has 0 atom stereocenters. The highest BCUT2D eigenvalue weighted by atomic mass is 32.1. The first-order valence-corrected chi connectivity index (χ1v) is 5.93. The maximum absolute atomic E-state index is 11.5. The zero-order valence-electron chi connectivity index (χ0n) is 9.65. The Kier molecular flexibility index (Phi) is 2.68. The normalized spacial score (nSPS) is 19.4. The van der Waals surface area contributed by atoms with Crippen molar-refractivity contribution in [1.29, 1.82) is 0 Å². The predicted molar refractivity (Wildman–Crippen MR) is 72.4 cm³/mol. The number of benzene rings is 1. The van der Waals surface area contributed by atoms with Crippen LogP contribution in [-0.4, -0.2) is 23.5 Å². The third-order valence-corrected chi connectivity index (χ3v) is 2.87. The van der Waals surface area contributed by atoms with Crippen molar-refractivity contribution in [2.24, 2.45) is 0 Å². The number of rotatable bonds is 1. The highest BCUT2D eigenvalue weighted by Gasteiger charge is 2.20. The molecule has 0 saturated carbocycles. The van der Waals surface area contributed by atoms with E-state index in [9.17, 15) is 9.59 Å². The zero-order chi connectivity index (χ0) is 13.4. The molecule has 2 amide bonds. The Bertz CT molecular complexity index is 639. The van der Waals surface area contributed by atoms with Gasteiger partial charge in [0.05, 0.1) is 5.69 Å². The van der Waals surface area contributed by atoms with E-state index < -0.39 is 0 Å². The quantitative estimate of drug-likeness (QED) is 0.509. The smallest absolute Gasteiger partial charge is 0.273 e. The molecule has 0 spiro atoms. The Balaban J connectivity index is 1.92. The molecule has 2 aliphatic rings. The minimum Gasteiger partial charge on any atom is -0.482 e. The lowest BCUT2D eigenvalue weighted by Crippen LogP contribution is -2.25. The number of hydrogen-bond acceptors (Lipinski definition) is 4. The van der Waals surface area contributed by atoms with Gasteiger partial charge in [0.1, 0.15) is 11.4 Å². The minimum atomic E-state index is -0.275. The maximum Gasteiger partial charge on any atom is 0.273 e. The predicted octanol–water partition coefficient (Wildman–Crippen LogP) is 0.363. The number of ether oxygens (including phenoxy) is 1. The SMILES string of the molecule is O=C1COc2ccc(C=C3NC(=S)NC3=O)cc2N1. The first-order chi connectivity index (χ1) is 9.11. The number of amides is 2. The van der Waals surface area contributed by atoms with Crippen LogP contribution in [0.2, 0.25) is 0 Å². The van der Waals surface area contributed by atoms with Gasteiger partial charge < -0.3 is 15.4 Å². The Labute approximate surface area is 113 Å². The number of nitrogens with one attached hydrogen (secondary N) is 3. The van der Waals surface area contributed by atoms with Gasteiger partial charge in [0.25, 0.3) is 11.8 Å². The first-order valence-electron chi connectivity index (χ1n) is 5.52. The van der Waals surface area contributed by atoms with Crippen LogP contribution in [0.1, 0.15) is 5.56 Å². The number of thiocarbonyl (C=S) groups is 1. The molecule has 96 valence electrons. The lowest BCUT2D eigenvalue weighted by molar-refractivity contribution is -0.118. The minimum absolute atomic E-state index is 0.0195. The number of carbonyl (C=O) groups is 2. The van der Waals surface area contributed by atoms with Crippen molar-refractivity contribution in [3.8, 4) is 5.75 Å². The second-order valence-electron chi connectivity index (χ2n) is 4.06. The summed E-state index contributed by atoms with van der Waals surface area (Å²) in [6, 6.07) is 5.27. The van der Waals surface area contributed by atoms with E-state index in [1.807, 2.05) is 0 Å². The van der Waals surface area contributed by atoms with Gasteiger partial charge in [0, 0.05) is 0 Å². The second-order valence-corrected chi connectivity index (χ2v) is 4.47. The van der Waals surface area contributed by atoms with Crippen molar-refractivity contribution in [3.05, 3.63) is 29.5 Å². The molecule has 3 N–H and O–H groups in total. The summed E-state index contributed by atoms with van der Waals surface area (Å²) in [6.07, 6.45) is 1.65. The number of anilines is 1. The van der Waals surface area contributed by atoms with Gasteiger partial charge in [-0.1, -0.05) is 6.07 Å². The second kappa shape index (κ2) is 4.36. The average molecular weight is 275 g/mol. The van der Waals surface area contributed by atoms with Gasteiger partial charge in [-0.05, 0) is 36.0 Å². The Morgan fingerprint density at radius 2 is 2.05 bits per heavy atom. The van der Waals surface area contributed by atoms with E-state index in [-0.39, 0.29) is 23.5 Å². The standard InChI is InChI=1S/C12H9N3O3S/c16-10-5-18-9-2-1-6(3-7(9)13-10)4-8-11(17)15-12(19)14-8/h1-4H,5H2,(H,13,16)(H2,14,15,17,19). The van der Waals surface area contributed by atoms with Gasteiger partial charge in [-0.25, -0.2) is 0 Å². The van der Waals surface area contributed by atoms with E-state index >= 15 is 0 Å². The third kappa shape index (κ3) is 2.27. The molecular formula is C12H9N3O3S. The Hall–Kier alpha value is -2.41. The summed E-state index contributed by atoms with van der Waals surface area (Å²) in [7, 11) is 0. The Morgan fingerprint density at radius 3 is 2.79 bits per heavy atom. The van der Waals surface area contributed by atoms with Crippen LogP contribution in [0, 0.1) is 0 Å². The van der Waals surface area contributed by atoms with Crippen molar-refractivity contribution in [2.75, 3.05) is 11.9 Å². The summed E-state index contributed by atoms with van der Waals surface area (Å²) < 4.78 is 5.25. The fraction of sp³-hybridized carbons (Fsp3) is 0.0833. The average Bonchev–Trinajstić information content (AvgIpc) is 2.67. The molecule has 1 saturated heterocycles. The van der Waals surface area contributed by atoms with Gasteiger partial charge >= 0.3 is 0 Å². The summed E-state index contributed by atoms with van der Waals surface area (Å²) >= 11 is 4.84. The molecule has 0 aliphatic carbocycles. The highest BCUT2D eigenvalue weighted by Crippen LogP contribution is 2.29. The monoisotopic (exact) mass is 275 g/mol. The molecule has 0 bridgehead atoms. The van der Waals surface area contributed by atoms with Crippen molar-refractivity contribution in [2.45, 2.75) is 0 Å². The molecular weight excluding hydrogens is 266 g/mol. The summed E-state index contributed by atoms with van der Waals surface area (Å²) in [4.78, 5) is 22.7. The van der Waals surface area contributed by atoms with Crippen LogP contribution in [0.25, 0.3) is 6.08 Å². The molecule has 6 nitrogen and oxygen atoms in total. The van der Waals surface area contributed by atoms with Gasteiger partial charge in [0.15, 0.2) is 11.7 Å². The summed E-state index contributed by atoms with van der Waals surface area (Å²) in [5, 5.41) is 8.22. The highest BCUT2D eigenvalue weighted by molar-refractivity contribution is 7.80. The van der Waals surface area contributed by atoms with E-state index in [0.717, 1.165) is 5.56 Å². The molecule has 1 aromatic rings. The van der Waals surface area contributed by atoms with Gasteiger partial charge in [-0.3, -0.25) is 14.9 Å². The molecule has 2 heterocycles. The van der Waals surface area contributed by atoms with Crippen molar-refractivity contribution >= 4 is 40.9 Å². The maximum atomic E-state index is 11.5. The van der Waals surface area contributed by atoms with Gasteiger partial charge in [0.2, 0.25) is 0 Å². The largest absolute Gasteiger partial charge is 0.482 e. The molecule has 2 aliphatic heterocycles. The van der Waals surface area contributed by atoms with Crippen LogP contribution in [0.4, 0.5) is 5.69 Å². The molecule has 0 aromatic heterocycles. The van der Waals surface area contributed by atoms with Crippen LogP contribution in [0.15, 0.2) is 23.9 Å². The van der Waals surface area contributed by atoms with Crippen LogP contribution < -0.4 is 20.7 Å². The molecule has 1 fully saturated rings. The molecule has 0 unspecified atom stereocenters. The van der Waals surface area contributed by atoms with E-state index in [2.05, 4.69) is 16.0 Å². The van der Waals surface area contributed by atoms with E-state index in [1.54, 1.807) is 24.3 Å². The topological polar surface area (TPSA) is 79.5 Å². The first kappa shape index (κ1) is 11.7. The lowest BCUT2D eigenvalue weighted by Gasteiger charge is -2.17. The molecule has 0 radical (unpaired) electrons. The van der Waals surface area contributed by atoms with Crippen LogP contribution >= 0.6 is 12.2 Å². The van der Waals surface area contributed by atoms with Crippen LogP contribution in [0.3, 0.4) is 0 Å². The van der Waals surface area contributed by atoms with Crippen molar-refractivity contribution in [1.82, 2.24) is 10.6 Å². The van der Waals surface area contributed by atoms with E-state index in [1.165, 1.54) is 0 Å². The fourth-order valence-electron chi connectivity index (χ4n) is 1.84. The fourth-order valence-corrected chi connectivity index (χ4v) is 2.04. The Morgan fingerprint density at radius 1 is 1.21 bits per heavy atom. The number of fused-ring (bicyclic) bond motifs is 1. The third-order valence-electron chi connectivity index (χ3n) is 2.67. The van der Waals surface area contributed by atoms with Crippen molar-refractivity contribution < 1.29 is 14.3 Å². The van der Waals surface area contributed by atoms with Crippen LogP contribution in [-0.2, 0) is 9.59 Å². The molecule has 19 heavy (non-hydrogen) atoms. The zero-order valence-corrected chi connectivity index (χ0v) is 10.5. The van der Waals surface area contributed by atoms with Crippen LogP contribution in [0.5, 0.6) is 5.75 Å². The number of carbonyl (C=O) groups excluding carboxylic acids is 2. The van der Waals surface area contributed by atoms with Gasteiger partial charge in [-0.2, -0.15) is 0 Å². The summed E-state index contributed by atoms with van der Waals surface area (Å²) in [5.41, 5.74) is 1.71. The van der Waals surface area contributed by atoms with E-state index in [0.29, 0.717) is 17.1 Å². The van der Waals surface area contributed by atoms with Crippen molar-refractivity contribution in [3.63, 3.8) is 0 Å². The number of hydrogen-bond donors (Lipinski definition) is 3. The summed E-state index contributed by atoms with van der Waals surface area (Å²) in [6.45, 7) is 0.0195. The summed E-state index contributed by atoms with van der Waals surface area (Å²) in [5.74, 6) is 0.138. The molecule has 1 aromatic carbocycles. The van der Waals surface area contributed by atoms with E-state index in [4.69, 9.17) is 17.0 Å². The molecule has 7 heteroatoms. The molecule has 3 rings (SSSR count). The lowest BCUT2D eigenvalue weighted by atomic mass is 10.1. The van der Waals surface area contributed by atoms with Gasteiger partial charge in [-0.15, -0.1) is 0 Å².